The van der Waals surface area contributed by atoms with Crippen molar-refractivity contribution in [2.24, 2.45) is 17.8 Å². The van der Waals surface area contributed by atoms with Crippen molar-refractivity contribution in [1.29, 1.82) is 0 Å². The number of rotatable bonds is 70. The van der Waals surface area contributed by atoms with Crippen molar-refractivity contribution >= 4 is 39.5 Å². The Labute approximate surface area is 556 Å². The molecule has 0 rings (SSSR count). The van der Waals surface area contributed by atoms with Gasteiger partial charge in [-0.25, -0.2) is 9.13 Å². The van der Waals surface area contributed by atoms with Crippen LogP contribution in [0.25, 0.3) is 0 Å². The van der Waals surface area contributed by atoms with Gasteiger partial charge in [-0.2, -0.15) is 0 Å². The number of aliphatic hydroxyl groups excluding tert-OH is 1. The van der Waals surface area contributed by atoms with Gasteiger partial charge in [0.05, 0.1) is 26.4 Å². The van der Waals surface area contributed by atoms with Gasteiger partial charge in [0.1, 0.15) is 19.3 Å². The van der Waals surface area contributed by atoms with Crippen molar-refractivity contribution in [2.45, 2.75) is 381 Å². The number of esters is 4. The fourth-order valence-corrected chi connectivity index (χ4v) is 12.4. The van der Waals surface area contributed by atoms with Crippen LogP contribution in [0.4, 0.5) is 0 Å². The van der Waals surface area contributed by atoms with Gasteiger partial charge in [-0.3, -0.25) is 37.3 Å². The number of aliphatic hydroxyl groups is 1. The van der Waals surface area contributed by atoms with E-state index in [1.54, 1.807) is 0 Å². The molecule has 0 aromatic rings. The van der Waals surface area contributed by atoms with Gasteiger partial charge < -0.3 is 33.8 Å². The first-order valence-corrected chi connectivity index (χ1v) is 40.4. The van der Waals surface area contributed by atoms with Gasteiger partial charge in [0.2, 0.25) is 0 Å². The third kappa shape index (κ3) is 63.9. The summed E-state index contributed by atoms with van der Waals surface area (Å²) in [6, 6.07) is 0. The molecule has 0 saturated heterocycles. The van der Waals surface area contributed by atoms with Crippen LogP contribution >= 0.6 is 15.6 Å². The van der Waals surface area contributed by atoms with E-state index in [0.29, 0.717) is 25.7 Å². The number of phosphoric acid groups is 2. The number of hydrogen-bond acceptors (Lipinski definition) is 15. The molecule has 540 valence electrons. The normalized spacial score (nSPS) is 14.8. The van der Waals surface area contributed by atoms with Crippen LogP contribution in [0, 0.1) is 17.8 Å². The van der Waals surface area contributed by atoms with Gasteiger partial charge >= 0.3 is 39.5 Å². The minimum atomic E-state index is -4.95. The molecule has 0 fully saturated rings. The highest BCUT2D eigenvalue weighted by molar-refractivity contribution is 7.47. The van der Waals surface area contributed by atoms with Gasteiger partial charge in [-0.15, -0.1) is 0 Å². The zero-order chi connectivity index (χ0) is 67.3. The molecular formula is C72H140O17P2. The molecule has 0 aromatic heterocycles. The van der Waals surface area contributed by atoms with E-state index in [1.807, 2.05) is 0 Å². The molecule has 0 spiro atoms. The maximum Gasteiger partial charge on any atom is 0.472 e. The lowest BCUT2D eigenvalue weighted by atomic mass is 9.99. The molecule has 0 aliphatic rings. The molecule has 0 saturated carbocycles. The average molecular weight is 1340 g/mol. The molecule has 0 aromatic carbocycles. The van der Waals surface area contributed by atoms with E-state index in [0.717, 1.165) is 108 Å². The molecule has 0 aliphatic carbocycles. The fraction of sp³-hybridized carbons (Fsp3) is 0.944. The third-order valence-electron chi connectivity index (χ3n) is 17.4. The summed E-state index contributed by atoms with van der Waals surface area (Å²) in [6.07, 6.45) is 47.1. The van der Waals surface area contributed by atoms with Crippen LogP contribution in [-0.4, -0.2) is 96.7 Å². The minimum Gasteiger partial charge on any atom is -0.462 e. The minimum absolute atomic E-state index is 0.105. The predicted molar refractivity (Wildman–Crippen MR) is 368 cm³/mol. The van der Waals surface area contributed by atoms with Crippen LogP contribution in [0.3, 0.4) is 0 Å². The molecule has 0 amide bonds. The lowest BCUT2D eigenvalue weighted by Gasteiger charge is -2.21. The Morgan fingerprint density at radius 3 is 0.835 bits per heavy atom. The van der Waals surface area contributed by atoms with Crippen molar-refractivity contribution in [3.8, 4) is 0 Å². The molecule has 7 atom stereocenters. The molecule has 0 heterocycles. The predicted octanol–water partition coefficient (Wildman–Crippen LogP) is 20.6. The number of carbonyl (C=O) groups excluding carboxylic acids is 4. The second-order valence-corrected chi connectivity index (χ2v) is 29.8. The van der Waals surface area contributed by atoms with Crippen LogP contribution < -0.4 is 0 Å². The monoisotopic (exact) mass is 1340 g/mol. The number of carbonyl (C=O) groups is 4. The van der Waals surface area contributed by atoms with E-state index in [2.05, 4.69) is 48.5 Å². The summed E-state index contributed by atoms with van der Waals surface area (Å²) in [4.78, 5) is 72.6. The second kappa shape index (κ2) is 62.8. The van der Waals surface area contributed by atoms with Crippen molar-refractivity contribution in [3.63, 3.8) is 0 Å². The van der Waals surface area contributed by atoms with E-state index < -0.39 is 97.5 Å². The van der Waals surface area contributed by atoms with Gasteiger partial charge in [-0.05, 0) is 43.4 Å². The van der Waals surface area contributed by atoms with Crippen molar-refractivity contribution in [1.82, 2.24) is 0 Å². The van der Waals surface area contributed by atoms with Crippen LogP contribution in [0.1, 0.15) is 363 Å². The first-order valence-electron chi connectivity index (χ1n) is 37.4. The highest BCUT2D eigenvalue weighted by atomic mass is 31.2. The van der Waals surface area contributed by atoms with Crippen LogP contribution in [0.15, 0.2) is 0 Å². The summed E-state index contributed by atoms with van der Waals surface area (Å²) in [6.45, 7) is 11.9. The number of hydrogen-bond donors (Lipinski definition) is 3. The first-order chi connectivity index (χ1) is 43.8. The SMILES string of the molecule is CCCCCCCCCCCC(=O)OC[C@H](COP(=O)(O)OC[C@H](O)COP(=O)(O)OC[C@@H](COC(=O)CCCCCCCCCCCC(C)C)OC(=O)CCCCCCCCCCCCCCCCC(C)CC)OC(=O)CCCCCCCCCCC(C)CC. The van der Waals surface area contributed by atoms with Crippen molar-refractivity contribution in [3.05, 3.63) is 0 Å². The third-order valence-corrected chi connectivity index (χ3v) is 19.3. The number of phosphoric ester groups is 2. The molecule has 0 aliphatic heterocycles. The molecule has 91 heavy (non-hydrogen) atoms. The largest absolute Gasteiger partial charge is 0.472 e. The average Bonchev–Trinajstić information content (AvgIpc) is 2.44. The smallest absolute Gasteiger partial charge is 0.462 e. The lowest BCUT2D eigenvalue weighted by Crippen LogP contribution is -2.30. The summed E-state index contributed by atoms with van der Waals surface area (Å²) >= 11 is 0. The van der Waals surface area contributed by atoms with Crippen molar-refractivity contribution < 1.29 is 80.2 Å². The Morgan fingerprint density at radius 1 is 0.319 bits per heavy atom. The Balaban J connectivity index is 5.23. The molecule has 0 bridgehead atoms. The van der Waals surface area contributed by atoms with Gasteiger partial charge in [0.25, 0.3) is 0 Å². The van der Waals surface area contributed by atoms with E-state index >= 15 is 0 Å². The van der Waals surface area contributed by atoms with Gasteiger partial charge in [-0.1, -0.05) is 312 Å². The zero-order valence-corrected chi connectivity index (χ0v) is 61.1. The van der Waals surface area contributed by atoms with Gasteiger partial charge in [0, 0.05) is 25.7 Å². The molecule has 4 unspecified atom stereocenters. The highest BCUT2D eigenvalue weighted by Crippen LogP contribution is 2.45. The Morgan fingerprint density at radius 2 is 0.560 bits per heavy atom. The molecule has 0 radical (unpaired) electrons. The maximum absolute atomic E-state index is 13.0. The van der Waals surface area contributed by atoms with E-state index in [9.17, 15) is 43.2 Å². The summed E-state index contributed by atoms with van der Waals surface area (Å²) in [7, 11) is -9.90. The first kappa shape index (κ1) is 89.1. The quantitative estimate of drug-likeness (QED) is 0.0222. The molecule has 3 N–H and O–H groups in total. The summed E-state index contributed by atoms with van der Waals surface area (Å²) < 4.78 is 68.3. The molecule has 19 heteroatoms. The van der Waals surface area contributed by atoms with Crippen LogP contribution in [0.2, 0.25) is 0 Å². The molecule has 17 nitrogen and oxygen atoms in total. The van der Waals surface area contributed by atoms with E-state index in [1.165, 1.54) is 173 Å². The Bertz CT molecular complexity index is 1790. The summed E-state index contributed by atoms with van der Waals surface area (Å²) in [5.41, 5.74) is 0. The Hall–Kier alpha value is -1.94. The maximum atomic E-state index is 13.0. The summed E-state index contributed by atoms with van der Waals surface area (Å²) in [5, 5.41) is 10.6. The van der Waals surface area contributed by atoms with Gasteiger partial charge in [0.15, 0.2) is 12.2 Å². The highest BCUT2D eigenvalue weighted by Gasteiger charge is 2.30. The number of unbranched alkanes of at least 4 members (excludes halogenated alkanes) is 36. The second-order valence-electron chi connectivity index (χ2n) is 26.9. The van der Waals surface area contributed by atoms with E-state index in [4.69, 9.17) is 37.0 Å². The van der Waals surface area contributed by atoms with Crippen LogP contribution in [-0.2, 0) is 65.4 Å². The Kier molecular flexibility index (Phi) is 61.5. The summed E-state index contributed by atoms with van der Waals surface area (Å²) in [5.74, 6) is 0.234. The number of ether oxygens (including phenoxy) is 4. The van der Waals surface area contributed by atoms with Crippen molar-refractivity contribution in [2.75, 3.05) is 39.6 Å². The zero-order valence-electron chi connectivity index (χ0n) is 59.3. The van der Waals surface area contributed by atoms with Crippen LogP contribution in [0.5, 0.6) is 0 Å². The standard InChI is InChI=1S/C72H140O17P2/c1-8-11-12-13-14-22-32-39-46-53-69(74)82-59-68(89-72(77)56-49-42-35-28-27-31-38-45-52-65(7)10-3)62-87-91(80,81)85-58-66(73)57-84-90(78,79)86-61-67(60-83-70(75)54-47-40-33-26-21-23-29-36-43-50-63(4)5)88-71(76)55-48-41-34-25-20-18-16-15-17-19-24-30-37-44-51-64(6)9-2/h63-68,73H,8-62H2,1-7H3,(H,78,79)(H,80,81)/t64?,65?,66-,67-,68-/m1/s1. The fourth-order valence-electron chi connectivity index (χ4n) is 10.8. The topological polar surface area (TPSA) is 237 Å². The van der Waals surface area contributed by atoms with E-state index in [-0.39, 0.29) is 25.7 Å². The molecular weight excluding hydrogens is 1200 g/mol. The lowest BCUT2D eigenvalue weighted by molar-refractivity contribution is -0.161.